The number of esters is 3. The molecule has 0 spiro atoms. The Labute approximate surface area is 129 Å². The predicted octanol–water partition coefficient (Wildman–Crippen LogP) is -1.99. The van der Waals surface area contributed by atoms with Crippen LogP contribution in [0.3, 0.4) is 0 Å². The summed E-state index contributed by atoms with van der Waals surface area (Å²) >= 11 is 0. The van der Waals surface area contributed by atoms with Crippen LogP contribution in [0, 0.1) is 5.92 Å². The van der Waals surface area contributed by atoms with E-state index in [0.717, 1.165) is 0 Å². The standard InChI is InChI=1S/C13H25N3O6/c1-6(2)4-8(14)11(18)22-12(19)9(15)5-21-13(20)10(16)7(3)17/h6-10,17H,4-5,14-16H2,1-3H3/t7-,8+,9+,10+/m1/s1. The summed E-state index contributed by atoms with van der Waals surface area (Å²) in [6, 6.07) is -3.52. The molecule has 0 unspecified atom stereocenters. The fraction of sp³-hybridized carbons (Fsp3) is 0.769. The van der Waals surface area contributed by atoms with Crippen LogP contribution in [0.5, 0.6) is 0 Å². The van der Waals surface area contributed by atoms with E-state index in [1.165, 1.54) is 6.92 Å². The maximum absolute atomic E-state index is 11.6. The van der Waals surface area contributed by atoms with Crippen molar-refractivity contribution in [1.82, 2.24) is 0 Å². The average molecular weight is 319 g/mol. The van der Waals surface area contributed by atoms with Crippen LogP contribution in [0.15, 0.2) is 0 Å². The van der Waals surface area contributed by atoms with Crippen molar-refractivity contribution >= 4 is 17.9 Å². The smallest absolute Gasteiger partial charge is 0.334 e. The van der Waals surface area contributed by atoms with Gasteiger partial charge >= 0.3 is 17.9 Å². The number of rotatable bonds is 8. The first-order valence-corrected chi connectivity index (χ1v) is 6.93. The monoisotopic (exact) mass is 319 g/mol. The minimum absolute atomic E-state index is 0.161. The summed E-state index contributed by atoms with van der Waals surface area (Å²) in [5, 5.41) is 9.11. The molecule has 9 heteroatoms. The van der Waals surface area contributed by atoms with Gasteiger partial charge in [0, 0.05) is 0 Å². The van der Waals surface area contributed by atoms with Crippen molar-refractivity contribution in [2.45, 2.75) is 51.4 Å². The molecule has 0 amide bonds. The van der Waals surface area contributed by atoms with E-state index in [0.29, 0.717) is 6.42 Å². The van der Waals surface area contributed by atoms with Gasteiger partial charge in [-0.05, 0) is 19.3 Å². The van der Waals surface area contributed by atoms with Crippen LogP contribution in [0.4, 0.5) is 0 Å². The van der Waals surface area contributed by atoms with Crippen molar-refractivity contribution in [3.05, 3.63) is 0 Å². The second-order valence-electron chi connectivity index (χ2n) is 5.48. The first-order chi connectivity index (χ1) is 10.1. The Morgan fingerprint density at radius 2 is 1.45 bits per heavy atom. The molecule has 22 heavy (non-hydrogen) atoms. The molecule has 0 saturated heterocycles. The van der Waals surface area contributed by atoms with E-state index in [1.54, 1.807) is 0 Å². The van der Waals surface area contributed by atoms with E-state index in [9.17, 15) is 14.4 Å². The highest BCUT2D eigenvalue weighted by atomic mass is 16.6. The largest absolute Gasteiger partial charge is 0.462 e. The zero-order valence-corrected chi connectivity index (χ0v) is 13.0. The van der Waals surface area contributed by atoms with Crippen molar-refractivity contribution in [2.75, 3.05) is 6.61 Å². The molecule has 0 aliphatic heterocycles. The van der Waals surface area contributed by atoms with Crippen LogP contribution < -0.4 is 17.2 Å². The average Bonchev–Trinajstić information content (AvgIpc) is 2.42. The molecular weight excluding hydrogens is 294 g/mol. The zero-order chi connectivity index (χ0) is 17.4. The minimum atomic E-state index is -1.35. The van der Waals surface area contributed by atoms with Gasteiger partial charge in [-0.15, -0.1) is 0 Å². The van der Waals surface area contributed by atoms with Crippen LogP contribution >= 0.6 is 0 Å². The third-order valence-electron chi connectivity index (χ3n) is 2.73. The predicted molar refractivity (Wildman–Crippen MR) is 77.1 cm³/mol. The number of ether oxygens (including phenoxy) is 2. The van der Waals surface area contributed by atoms with E-state index in [-0.39, 0.29) is 5.92 Å². The van der Waals surface area contributed by atoms with Gasteiger partial charge in [-0.1, -0.05) is 13.8 Å². The van der Waals surface area contributed by atoms with Crippen LogP contribution in [0.2, 0.25) is 0 Å². The molecule has 0 rings (SSSR count). The highest BCUT2D eigenvalue weighted by molar-refractivity contribution is 5.90. The normalized spacial score (nSPS) is 16.5. The third-order valence-corrected chi connectivity index (χ3v) is 2.73. The highest BCUT2D eigenvalue weighted by Crippen LogP contribution is 2.04. The Hall–Kier alpha value is -1.55. The van der Waals surface area contributed by atoms with E-state index in [4.69, 9.17) is 22.3 Å². The molecule has 0 radical (unpaired) electrons. The number of hydrogen-bond donors (Lipinski definition) is 4. The number of nitrogens with two attached hydrogens (primary N) is 3. The molecule has 9 nitrogen and oxygen atoms in total. The first-order valence-electron chi connectivity index (χ1n) is 6.93. The fourth-order valence-corrected chi connectivity index (χ4v) is 1.39. The van der Waals surface area contributed by atoms with E-state index in [1.807, 2.05) is 13.8 Å². The Bertz CT molecular complexity index is 399. The molecule has 0 fully saturated rings. The number of carbonyl (C=O) groups is 3. The van der Waals surface area contributed by atoms with E-state index in [2.05, 4.69) is 9.47 Å². The van der Waals surface area contributed by atoms with Gasteiger partial charge in [-0.3, -0.25) is 4.79 Å². The molecule has 0 saturated carbocycles. The maximum atomic E-state index is 11.6. The molecule has 7 N–H and O–H groups in total. The summed E-state index contributed by atoms with van der Waals surface area (Å²) in [7, 11) is 0. The number of carbonyl (C=O) groups excluding carboxylic acids is 3. The minimum Gasteiger partial charge on any atom is -0.462 e. The SMILES string of the molecule is CC(C)C[C@H](N)C(=O)OC(=O)[C@@H](N)COC(=O)[C@@H](N)[C@@H](C)O. The molecule has 0 aliphatic rings. The molecular formula is C13H25N3O6. The van der Waals surface area contributed by atoms with Crippen LogP contribution in [0.25, 0.3) is 0 Å². The van der Waals surface area contributed by atoms with E-state index >= 15 is 0 Å². The summed E-state index contributed by atoms with van der Waals surface area (Å²) in [6.07, 6.45) is -0.745. The van der Waals surface area contributed by atoms with Gasteiger partial charge in [0.25, 0.3) is 0 Å². The summed E-state index contributed by atoms with van der Waals surface area (Å²) < 4.78 is 9.18. The number of aliphatic hydroxyl groups is 1. The second kappa shape index (κ2) is 9.46. The van der Waals surface area contributed by atoms with Crippen molar-refractivity contribution in [1.29, 1.82) is 0 Å². The molecule has 128 valence electrons. The Balaban J connectivity index is 4.27. The first kappa shape index (κ1) is 20.5. The molecule has 0 aliphatic carbocycles. The summed E-state index contributed by atoms with van der Waals surface area (Å²) in [4.78, 5) is 34.5. The Morgan fingerprint density at radius 3 is 1.91 bits per heavy atom. The maximum Gasteiger partial charge on any atom is 0.334 e. The molecule has 0 bridgehead atoms. The topological polar surface area (TPSA) is 168 Å². The second-order valence-corrected chi connectivity index (χ2v) is 5.48. The molecule has 0 aromatic carbocycles. The fourth-order valence-electron chi connectivity index (χ4n) is 1.39. The van der Waals surface area contributed by atoms with Crippen LogP contribution in [-0.2, 0) is 23.9 Å². The van der Waals surface area contributed by atoms with Gasteiger partial charge in [0.2, 0.25) is 0 Å². The number of hydrogen-bond acceptors (Lipinski definition) is 9. The van der Waals surface area contributed by atoms with Gasteiger partial charge < -0.3 is 31.8 Å². The van der Waals surface area contributed by atoms with Gasteiger partial charge in [-0.2, -0.15) is 0 Å². The van der Waals surface area contributed by atoms with Gasteiger partial charge in [0.05, 0.1) is 6.10 Å². The summed E-state index contributed by atoms with van der Waals surface area (Å²) in [5.74, 6) is -2.70. The molecule has 4 atom stereocenters. The zero-order valence-electron chi connectivity index (χ0n) is 13.0. The third kappa shape index (κ3) is 7.46. The lowest BCUT2D eigenvalue weighted by Gasteiger charge is -2.17. The lowest BCUT2D eigenvalue weighted by atomic mass is 10.1. The van der Waals surface area contributed by atoms with Crippen molar-refractivity contribution in [2.24, 2.45) is 23.1 Å². The Morgan fingerprint density at radius 1 is 0.955 bits per heavy atom. The molecule has 0 heterocycles. The van der Waals surface area contributed by atoms with Gasteiger partial charge in [0.15, 0.2) is 0 Å². The lowest BCUT2D eigenvalue weighted by Crippen LogP contribution is -2.45. The van der Waals surface area contributed by atoms with Crippen molar-refractivity contribution < 1.29 is 29.0 Å². The van der Waals surface area contributed by atoms with Crippen LogP contribution in [-0.4, -0.2) is 53.9 Å². The van der Waals surface area contributed by atoms with Gasteiger partial charge in [-0.25, -0.2) is 9.59 Å². The molecule has 0 aromatic rings. The van der Waals surface area contributed by atoms with Crippen molar-refractivity contribution in [3.8, 4) is 0 Å². The quantitative estimate of drug-likeness (QED) is 0.292. The van der Waals surface area contributed by atoms with Crippen LogP contribution in [0.1, 0.15) is 27.2 Å². The number of aliphatic hydroxyl groups excluding tert-OH is 1. The van der Waals surface area contributed by atoms with Crippen molar-refractivity contribution in [3.63, 3.8) is 0 Å². The summed E-state index contributed by atoms with van der Waals surface area (Å²) in [5.41, 5.74) is 16.3. The van der Waals surface area contributed by atoms with E-state index < -0.39 is 48.7 Å². The Kier molecular flexibility index (Phi) is 8.80. The molecule has 0 aromatic heterocycles. The van der Waals surface area contributed by atoms with Gasteiger partial charge in [0.1, 0.15) is 24.7 Å². The summed E-state index contributed by atoms with van der Waals surface area (Å²) in [6.45, 7) is 4.52. The highest BCUT2D eigenvalue weighted by Gasteiger charge is 2.26. The lowest BCUT2D eigenvalue weighted by molar-refractivity contribution is -0.163.